The second kappa shape index (κ2) is 7.15. The Balaban J connectivity index is 2.12. The summed E-state index contributed by atoms with van der Waals surface area (Å²) < 4.78 is 6.71. The van der Waals surface area contributed by atoms with Gasteiger partial charge in [0.1, 0.15) is 22.3 Å². The smallest absolute Gasteiger partial charge is 0.355 e. The van der Waals surface area contributed by atoms with Gasteiger partial charge in [-0.2, -0.15) is 0 Å². The Bertz CT molecular complexity index is 943. The maximum Gasteiger partial charge on any atom is 0.355 e. The lowest BCUT2D eigenvalue weighted by Gasteiger charge is -2.08. The zero-order chi connectivity index (χ0) is 18.3. The molecular formula is C17H8Br3ClO4. The van der Waals surface area contributed by atoms with E-state index in [1.807, 2.05) is 0 Å². The fourth-order valence-electron chi connectivity index (χ4n) is 2.26. The second-order valence-electron chi connectivity index (χ2n) is 5.09. The third kappa shape index (κ3) is 3.65. The summed E-state index contributed by atoms with van der Waals surface area (Å²) in [5.74, 6) is -0.231. The zero-order valence-corrected chi connectivity index (χ0v) is 17.7. The van der Waals surface area contributed by atoms with Crippen molar-refractivity contribution in [2.24, 2.45) is 0 Å². The molecule has 0 aliphatic carbocycles. The van der Waals surface area contributed by atoms with Crippen molar-refractivity contribution in [1.82, 2.24) is 0 Å². The van der Waals surface area contributed by atoms with Crippen molar-refractivity contribution in [1.29, 1.82) is 0 Å². The summed E-state index contributed by atoms with van der Waals surface area (Å²) in [6.07, 6.45) is 1.64. The van der Waals surface area contributed by atoms with Crippen LogP contribution in [-0.4, -0.2) is 16.2 Å². The Morgan fingerprint density at radius 1 is 1.00 bits per heavy atom. The molecule has 2 aromatic rings. The van der Waals surface area contributed by atoms with Gasteiger partial charge in [-0.3, -0.25) is 0 Å². The predicted octanol–water partition coefficient (Wildman–Crippen LogP) is 5.93. The average molecular weight is 551 g/mol. The molecule has 0 bridgehead atoms. The Kier molecular flexibility index (Phi) is 5.29. The fourth-order valence-corrected chi connectivity index (χ4v) is 4.10. The van der Waals surface area contributed by atoms with Crippen LogP contribution in [-0.2, 0) is 9.53 Å². The summed E-state index contributed by atoms with van der Waals surface area (Å²) >= 11 is 15.9. The summed E-state index contributed by atoms with van der Waals surface area (Å²) in [6.45, 7) is 0. The maximum absolute atomic E-state index is 11.9. The third-order valence-electron chi connectivity index (χ3n) is 3.42. The van der Waals surface area contributed by atoms with E-state index < -0.39 is 5.97 Å². The summed E-state index contributed by atoms with van der Waals surface area (Å²) in [7, 11) is 0. The average Bonchev–Trinajstić information content (AvgIpc) is 2.82. The largest absolute Gasteiger partial charge is 0.507 e. The van der Waals surface area contributed by atoms with Gasteiger partial charge in [0.25, 0.3) is 0 Å². The van der Waals surface area contributed by atoms with E-state index in [9.17, 15) is 15.0 Å². The number of hydrogen-bond donors (Lipinski definition) is 2. The molecule has 0 fully saturated rings. The van der Waals surface area contributed by atoms with Crippen LogP contribution in [0.2, 0.25) is 0 Å². The van der Waals surface area contributed by atoms with Crippen LogP contribution in [0.25, 0.3) is 11.6 Å². The summed E-state index contributed by atoms with van der Waals surface area (Å²) in [5, 5.41) is 19.4. The topological polar surface area (TPSA) is 66.8 Å². The molecule has 1 heterocycles. The first kappa shape index (κ1) is 18.5. The van der Waals surface area contributed by atoms with Gasteiger partial charge in [-0.25, -0.2) is 4.79 Å². The first-order chi connectivity index (χ1) is 11.8. The standard InChI is InChI=1S/C17H8Br3ClO4/c18-9-6-8(1-2-12(9)22)14-13(25-17(24)15(14)21)5-7-3-10(19)16(23)11(20)4-7/h1-6,22-23H. The van der Waals surface area contributed by atoms with E-state index in [-0.39, 0.29) is 22.3 Å². The monoisotopic (exact) mass is 548 g/mol. The molecule has 2 aromatic carbocycles. The van der Waals surface area contributed by atoms with Crippen LogP contribution >= 0.6 is 59.4 Å². The van der Waals surface area contributed by atoms with Crippen molar-refractivity contribution >= 4 is 77.0 Å². The van der Waals surface area contributed by atoms with Gasteiger partial charge in [-0.05, 0) is 89.3 Å². The number of carbonyl (C=O) groups is 1. The van der Waals surface area contributed by atoms with Gasteiger partial charge in [0.2, 0.25) is 0 Å². The molecule has 8 heteroatoms. The number of halogens is 4. The van der Waals surface area contributed by atoms with E-state index in [4.69, 9.17) is 16.3 Å². The molecule has 0 spiro atoms. The van der Waals surface area contributed by atoms with Crippen LogP contribution in [0.1, 0.15) is 11.1 Å². The lowest BCUT2D eigenvalue weighted by atomic mass is 10.0. The first-order valence-corrected chi connectivity index (χ1v) is 9.54. The van der Waals surface area contributed by atoms with Crippen LogP contribution in [0.15, 0.2) is 54.5 Å². The van der Waals surface area contributed by atoms with Crippen LogP contribution < -0.4 is 0 Å². The van der Waals surface area contributed by atoms with Crippen molar-refractivity contribution < 1.29 is 19.7 Å². The van der Waals surface area contributed by atoms with Crippen molar-refractivity contribution in [2.45, 2.75) is 0 Å². The molecular weight excluding hydrogens is 543 g/mol. The Labute approximate surface area is 173 Å². The molecule has 0 aromatic heterocycles. The molecule has 4 nitrogen and oxygen atoms in total. The highest BCUT2D eigenvalue weighted by atomic mass is 79.9. The highest BCUT2D eigenvalue weighted by Crippen LogP contribution is 2.41. The molecule has 2 N–H and O–H groups in total. The van der Waals surface area contributed by atoms with Crippen molar-refractivity contribution in [3.63, 3.8) is 0 Å². The van der Waals surface area contributed by atoms with E-state index in [1.165, 1.54) is 6.07 Å². The SMILES string of the molecule is O=C1OC(=Cc2cc(Br)c(O)c(Br)c2)C(c2ccc(O)c(Br)c2)=C1Cl. The van der Waals surface area contributed by atoms with Gasteiger partial charge < -0.3 is 14.9 Å². The van der Waals surface area contributed by atoms with Crippen LogP contribution in [0.5, 0.6) is 11.5 Å². The van der Waals surface area contributed by atoms with E-state index >= 15 is 0 Å². The van der Waals surface area contributed by atoms with Crippen LogP contribution in [0.3, 0.4) is 0 Å². The van der Waals surface area contributed by atoms with Gasteiger partial charge in [0, 0.05) is 0 Å². The predicted molar refractivity (Wildman–Crippen MR) is 106 cm³/mol. The van der Waals surface area contributed by atoms with Gasteiger partial charge in [-0.15, -0.1) is 0 Å². The van der Waals surface area contributed by atoms with E-state index in [1.54, 1.807) is 30.3 Å². The van der Waals surface area contributed by atoms with Gasteiger partial charge in [0.05, 0.1) is 19.0 Å². The summed E-state index contributed by atoms with van der Waals surface area (Å²) in [6, 6.07) is 8.13. The third-order valence-corrected chi connectivity index (χ3v) is 5.61. The van der Waals surface area contributed by atoms with E-state index in [0.29, 0.717) is 30.1 Å². The Hall–Kier alpha value is -1.28. The highest BCUT2D eigenvalue weighted by Gasteiger charge is 2.30. The number of phenols is 2. The minimum Gasteiger partial charge on any atom is -0.507 e. The normalized spacial score (nSPS) is 15.8. The summed E-state index contributed by atoms with van der Waals surface area (Å²) in [4.78, 5) is 11.9. The Morgan fingerprint density at radius 2 is 1.64 bits per heavy atom. The van der Waals surface area contributed by atoms with Crippen molar-refractivity contribution in [2.75, 3.05) is 0 Å². The highest BCUT2D eigenvalue weighted by molar-refractivity contribution is 9.11. The zero-order valence-electron chi connectivity index (χ0n) is 12.2. The van der Waals surface area contributed by atoms with Gasteiger partial charge >= 0.3 is 5.97 Å². The first-order valence-electron chi connectivity index (χ1n) is 6.79. The number of esters is 1. The van der Waals surface area contributed by atoms with Crippen LogP contribution in [0.4, 0.5) is 0 Å². The summed E-state index contributed by atoms with van der Waals surface area (Å²) in [5.41, 5.74) is 1.72. The molecule has 0 unspecified atom stereocenters. The molecule has 25 heavy (non-hydrogen) atoms. The number of carbonyl (C=O) groups excluding carboxylic acids is 1. The number of phenolic OH excluding ortho intramolecular Hbond substituents is 2. The molecule has 128 valence electrons. The second-order valence-corrected chi connectivity index (χ2v) is 8.03. The lowest BCUT2D eigenvalue weighted by Crippen LogP contribution is -1.93. The number of hydrogen-bond acceptors (Lipinski definition) is 4. The van der Waals surface area contributed by atoms with Gasteiger partial charge in [0.15, 0.2) is 0 Å². The van der Waals surface area contributed by atoms with Crippen molar-refractivity contribution in [3.8, 4) is 11.5 Å². The fraction of sp³-hybridized carbons (Fsp3) is 0. The number of allylic oxidation sites excluding steroid dienone is 1. The molecule has 0 saturated carbocycles. The minimum absolute atomic E-state index is 0.0410. The van der Waals surface area contributed by atoms with E-state index in [2.05, 4.69) is 47.8 Å². The maximum atomic E-state index is 11.9. The number of aromatic hydroxyl groups is 2. The molecule has 0 amide bonds. The molecule has 0 atom stereocenters. The molecule has 0 radical (unpaired) electrons. The number of cyclic esters (lactones) is 1. The Morgan fingerprint density at radius 3 is 2.24 bits per heavy atom. The van der Waals surface area contributed by atoms with E-state index in [0.717, 1.165) is 0 Å². The number of rotatable bonds is 2. The lowest BCUT2D eigenvalue weighted by molar-refractivity contribution is -0.132. The van der Waals surface area contributed by atoms with Crippen molar-refractivity contribution in [3.05, 3.63) is 65.7 Å². The number of ether oxygens (including phenoxy) is 1. The molecule has 0 saturated heterocycles. The molecule has 3 rings (SSSR count). The van der Waals surface area contributed by atoms with Gasteiger partial charge in [-0.1, -0.05) is 17.7 Å². The minimum atomic E-state index is -0.649. The van der Waals surface area contributed by atoms with Crippen LogP contribution in [0, 0.1) is 0 Å². The number of benzene rings is 2. The molecule has 1 aliphatic heterocycles. The quantitative estimate of drug-likeness (QED) is 0.454. The molecule has 1 aliphatic rings.